The first-order chi connectivity index (χ1) is 5.93. The Bertz CT molecular complexity index is 262. The molecule has 0 aromatic rings. The van der Waals surface area contributed by atoms with E-state index in [0.717, 1.165) is 5.01 Å². The molecule has 13 heavy (non-hydrogen) atoms. The minimum absolute atomic E-state index is 0.0300. The first kappa shape index (κ1) is 12.2. The van der Waals surface area contributed by atoms with Gasteiger partial charge in [0.25, 0.3) is 0 Å². The molecule has 0 atom stereocenters. The fourth-order valence-corrected chi connectivity index (χ4v) is 1.52. The summed E-state index contributed by atoms with van der Waals surface area (Å²) in [5, 5.41) is 10.6. The van der Waals surface area contributed by atoms with Crippen LogP contribution in [0.4, 0.5) is 0 Å². The Morgan fingerprint density at radius 3 is 2.23 bits per heavy atom. The van der Waals surface area contributed by atoms with E-state index in [1.165, 1.54) is 6.92 Å². The van der Waals surface area contributed by atoms with Gasteiger partial charge in [-0.1, -0.05) is 6.92 Å². The van der Waals surface area contributed by atoms with Crippen molar-refractivity contribution in [2.75, 3.05) is 24.6 Å². The van der Waals surface area contributed by atoms with Crippen LogP contribution in [0.25, 0.3) is 0 Å². The molecule has 78 valence electrons. The number of sulfone groups is 1. The molecule has 0 saturated carbocycles. The van der Waals surface area contributed by atoms with E-state index in [4.69, 9.17) is 0 Å². The quantitative estimate of drug-likeness (QED) is 0.453. The van der Waals surface area contributed by atoms with Crippen LogP contribution in [0, 0.1) is 10.1 Å². The first-order valence-corrected chi connectivity index (χ1v) is 5.84. The van der Waals surface area contributed by atoms with Gasteiger partial charge in [-0.05, 0) is 6.92 Å². The molecule has 0 aliphatic heterocycles. The average molecular weight is 210 g/mol. The van der Waals surface area contributed by atoms with E-state index >= 15 is 0 Å². The third-order valence-corrected chi connectivity index (χ3v) is 3.38. The lowest BCUT2D eigenvalue weighted by molar-refractivity contribution is -0.653. The summed E-state index contributed by atoms with van der Waals surface area (Å²) in [5.41, 5.74) is 0. The van der Waals surface area contributed by atoms with E-state index in [9.17, 15) is 18.5 Å². The molecule has 0 saturated heterocycles. The van der Waals surface area contributed by atoms with Crippen molar-refractivity contribution < 1.29 is 13.5 Å². The van der Waals surface area contributed by atoms with Crippen LogP contribution in [0.15, 0.2) is 0 Å². The Labute approximate surface area is 77.6 Å². The maximum atomic E-state index is 11.0. The van der Waals surface area contributed by atoms with Crippen LogP contribution in [-0.4, -0.2) is 43.1 Å². The molecule has 0 unspecified atom stereocenters. The van der Waals surface area contributed by atoms with Gasteiger partial charge in [-0.3, -0.25) is 0 Å². The molecular weight excluding hydrogens is 196 g/mol. The van der Waals surface area contributed by atoms with E-state index in [1.807, 2.05) is 0 Å². The van der Waals surface area contributed by atoms with Crippen LogP contribution in [0.5, 0.6) is 0 Å². The molecule has 6 nitrogen and oxygen atoms in total. The largest absolute Gasteiger partial charge is 0.235 e. The number of hydrazine groups is 1. The lowest BCUT2D eigenvalue weighted by Crippen LogP contribution is -2.34. The van der Waals surface area contributed by atoms with E-state index in [-0.39, 0.29) is 24.6 Å². The van der Waals surface area contributed by atoms with Gasteiger partial charge in [-0.15, -0.1) is 5.01 Å². The molecule has 0 rings (SSSR count). The summed E-state index contributed by atoms with van der Waals surface area (Å²) in [7, 11) is -3.10. The summed E-state index contributed by atoms with van der Waals surface area (Å²) >= 11 is 0. The van der Waals surface area contributed by atoms with Crippen LogP contribution in [0.3, 0.4) is 0 Å². The van der Waals surface area contributed by atoms with Gasteiger partial charge in [0, 0.05) is 5.75 Å². The Morgan fingerprint density at radius 1 is 1.38 bits per heavy atom. The van der Waals surface area contributed by atoms with Crippen molar-refractivity contribution in [1.82, 2.24) is 5.01 Å². The van der Waals surface area contributed by atoms with Crippen molar-refractivity contribution in [3.8, 4) is 0 Å². The molecule has 0 aliphatic carbocycles. The van der Waals surface area contributed by atoms with Crippen molar-refractivity contribution in [2.24, 2.45) is 0 Å². The van der Waals surface area contributed by atoms with Gasteiger partial charge in [0.1, 0.15) is 0 Å². The van der Waals surface area contributed by atoms with E-state index in [0.29, 0.717) is 0 Å². The number of rotatable bonds is 6. The van der Waals surface area contributed by atoms with Gasteiger partial charge in [0.05, 0.1) is 18.8 Å². The normalized spacial score (nSPS) is 11.2. The molecular formula is C6H14N2O4S. The summed E-state index contributed by atoms with van der Waals surface area (Å²) in [6.45, 7) is 3.31. The average Bonchev–Trinajstić information content (AvgIpc) is 2.05. The molecule has 0 spiro atoms. The molecule has 0 radical (unpaired) electrons. The maximum absolute atomic E-state index is 11.0. The highest BCUT2D eigenvalue weighted by Crippen LogP contribution is 1.93. The minimum Gasteiger partial charge on any atom is -0.235 e. The maximum Gasteiger partial charge on any atom is 0.160 e. The number of hydrogen-bond donors (Lipinski definition) is 0. The summed E-state index contributed by atoms with van der Waals surface area (Å²) in [6, 6.07) is 0. The molecule has 0 fully saturated rings. The van der Waals surface area contributed by atoms with Crippen molar-refractivity contribution >= 4 is 9.84 Å². The van der Waals surface area contributed by atoms with Crippen molar-refractivity contribution in [2.45, 2.75) is 13.8 Å². The highest BCUT2D eigenvalue weighted by molar-refractivity contribution is 7.91. The molecule has 0 N–H and O–H groups in total. The summed E-state index contributed by atoms with van der Waals surface area (Å²) in [5.74, 6) is -0.124. The summed E-state index contributed by atoms with van der Waals surface area (Å²) in [6.07, 6.45) is 0. The van der Waals surface area contributed by atoms with Crippen LogP contribution < -0.4 is 0 Å². The Kier molecular flexibility index (Phi) is 4.68. The minimum atomic E-state index is -3.10. The van der Waals surface area contributed by atoms with Gasteiger partial charge in [-0.25, -0.2) is 18.5 Å². The van der Waals surface area contributed by atoms with Gasteiger partial charge >= 0.3 is 0 Å². The molecule has 0 amide bonds. The second kappa shape index (κ2) is 5.00. The highest BCUT2D eigenvalue weighted by atomic mass is 32.2. The van der Waals surface area contributed by atoms with Gasteiger partial charge < -0.3 is 0 Å². The topological polar surface area (TPSA) is 80.5 Å². The number of hydrogen-bond acceptors (Lipinski definition) is 4. The number of nitro groups is 1. The van der Waals surface area contributed by atoms with Crippen LogP contribution in [0.2, 0.25) is 0 Å². The standard InChI is InChI=1S/C6H14N2O4S/c1-3-7(8(9)10)5-6-13(11,12)4-2/h3-6H2,1-2H3. The van der Waals surface area contributed by atoms with E-state index in [2.05, 4.69) is 0 Å². The fraction of sp³-hybridized carbons (Fsp3) is 1.00. The monoisotopic (exact) mass is 210 g/mol. The summed E-state index contributed by atoms with van der Waals surface area (Å²) < 4.78 is 22.0. The lowest BCUT2D eigenvalue weighted by Gasteiger charge is -2.10. The summed E-state index contributed by atoms with van der Waals surface area (Å²) in [4.78, 5) is 10.3. The molecule has 0 aliphatic rings. The van der Waals surface area contributed by atoms with E-state index < -0.39 is 14.9 Å². The smallest absolute Gasteiger partial charge is 0.160 e. The zero-order chi connectivity index (χ0) is 10.5. The molecule has 0 heterocycles. The van der Waals surface area contributed by atoms with Gasteiger partial charge in [-0.2, -0.15) is 0 Å². The van der Waals surface area contributed by atoms with E-state index in [1.54, 1.807) is 6.92 Å². The number of nitrogens with zero attached hydrogens (tertiary/aromatic N) is 2. The van der Waals surface area contributed by atoms with Crippen LogP contribution in [0.1, 0.15) is 13.8 Å². The molecule has 0 aromatic heterocycles. The van der Waals surface area contributed by atoms with Gasteiger partial charge in [0.15, 0.2) is 14.9 Å². The SMILES string of the molecule is CCN(CCS(=O)(=O)CC)[N+](=O)[O-]. The van der Waals surface area contributed by atoms with Crippen LogP contribution in [-0.2, 0) is 9.84 Å². The third kappa shape index (κ3) is 4.66. The molecule has 7 heteroatoms. The second-order valence-corrected chi connectivity index (χ2v) is 4.99. The highest BCUT2D eigenvalue weighted by Gasteiger charge is 2.15. The third-order valence-electron chi connectivity index (χ3n) is 1.70. The van der Waals surface area contributed by atoms with Crippen molar-refractivity contribution in [3.05, 3.63) is 10.1 Å². The first-order valence-electron chi connectivity index (χ1n) is 4.02. The zero-order valence-corrected chi connectivity index (χ0v) is 8.58. The zero-order valence-electron chi connectivity index (χ0n) is 7.76. The van der Waals surface area contributed by atoms with Crippen LogP contribution >= 0.6 is 0 Å². The molecule has 0 bridgehead atoms. The lowest BCUT2D eigenvalue weighted by atomic mass is 10.6. The Balaban J connectivity index is 4.07. The second-order valence-electron chi connectivity index (χ2n) is 2.52. The van der Waals surface area contributed by atoms with Crippen molar-refractivity contribution in [1.29, 1.82) is 0 Å². The predicted octanol–water partition coefficient (Wildman–Crippen LogP) is -0.0653. The van der Waals surface area contributed by atoms with Gasteiger partial charge in [0.2, 0.25) is 0 Å². The predicted molar refractivity (Wildman–Crippen MR) is 48.6 cm³/mol. The molecule has 0 aromatic carbocycles. The Morgan fingerprint density at radius 2 is 1.92 bits per heavy atom. The fourth-order valence-electron chi connectivity index (χ4n) is 0.744. The van der Waals surface area contributed by atoms with Crippen molar-refractivity contribution in [3.63, 3.8) is 0 Å². The Hall–Kier alpha value is -0.850.